The molecule has 0 spiro atoms. The van der Waals surface area contributed by atoms with E-state index in [-0.39, 0.29) is 23.0 Å². The maximum atomic E-state index is 13.2. The molecule has 0 aliphatic carbocycles. The molecule has 2 fully saturated rings. The molecule has 2 aromatic rings. The zero-order valence-electron chi connectivity index (χ0n) is 15.7. The van der Waals surface area contributed by atoms with Gasteiger partial charge in [-0.2, -0.15) is 17.5 Å². The van der Waals surface area contributed by atoms with E-state index in [1.165, 1.54) is 10.4 Å². The van der Waals surface area contributed by atoms with Gasteiger partial charge in [0.15, 0.2) is 0 Å². The molecule has 7 nitrogen and oxygen atoms in total. The first-order chi connectivity index (χ1) is 13.7. The van der Waals surface area contributed by atoms with Gasteiger partial charge >= 0.3 is 6.18 Å². The van der Waals surface area contributed by atoms with E-state index < -0.39 is 21.8 Å². The van der Waals surface area contributed by atoms with Crippen molar-refractivity contribution in [3.05, 3.63) is 41.7 Å². The fourth-order valence-electron chi connectivity index (χ4n) is 4.37. The van der Waals surface area contributed by atoms with Gasteiger partial charge in [0, 0.05) is 19.2 Å². The van der Waals surface area contributed by atoms with Gasteiger partial charge in [0.2, 0.25) is 10.0 Å². The Kier molecular flexibility index (Phi) is 5.16. The second kappa shape index (κ2) is 7.37. The van der Waals surface area contributed by atoms with Gasteiger partial charge in [-0.15, -0.1) is 5.10 Å². The number of hydrogen-bond acceptors (Lipinski definition) is 5. The second-order valence-corrected chi connectivity index (χ2v) is 9.34. The molecule has 2 atom stereocenters. The third-order valence-electron chi connectivity index (χ3n) is 5.60. The van der Waals surface area contributed by atoms with Crippen LogP contribution in [0.4, 0.5) is 13.2 Å². The maximum Gasteiger partial charge on any atom is 0.416 e. The highest BCUT2D eigenvalue weighted by Crippen LogP contribution is 2.44. The SMILES string of the molecule is COCc1cn(C2CC3CCC(C2)N3S(=O)(=O)c2cccc(C(F)(F)F)c2)nn1. The Morgan fingerprint density at radius 1 is 1.17 bits per heavy atom. The Hall–Kier alpha value is -1.98. The molecule has 4 rings (SSSR count). The molecule has 2 unspecified atom stereocenters. The first-order valence-electron chi connectivity index (χ1n) is 9.30. The van der Waals surface area contributed by atoms with E-state index in [2.05, 4.69) is 10.3 Å². The lowest BCUT2D eigenvalue weighted by atomic mass is 10.00. The van der Waals surface area contributed by atoms with E-state index >= 15 is 0 Å². The lowest BCUT2D eigenvalue weighted by Gasteiger charge is -2.37. The number of rotatable bonds is 5. The zero-order chi connectivity index (χ0) is 20.8. The molecule has 0 saturated carbocycles. The summed E-state index contributed by atoms with van der Waals surface area (Å²) in [5, 5.41) is 8.18. The molecule has 158 valence electrons. The fourth-order valence-corrected chi connectivity index (χ4v) is 6.31. The second-order valence-electron chi connectivity index (χ2n) is 7.49. The number of halogens is 3. The van der Waals surface area contributed by atoms with Crippen LogP contribution >= 0.6 is 0 Å². The molecule has 2 aliphatic rings. The minimum atomic E-state index is -4.59. The molecule has 0 N–H and O–H groups in total. The monoisotopic (exact) mass is 430 g/mol. The Bertz CT molecular complexity index is 978. The molecule has 2 aliphatic heterocycles. The highest BCUT2D eigenvalue weighted by molar-refractivity contribution is 7.89. The van der Waals surface area contributed by atoms with E-state index in [0.29, 0.717) is 38.0 Å². The topological polar surface area (TPSA) is 77.3 Å². The number of benzene rings is 1. The summed E-state index contributed by atoms with van der Waals surface area (Å²) in [5.41, 5.74) is -0.270. The standard InChI is InChI=1S/C18H21F3N4O3S/c1-28-11-13-10-24(23-22-13)16-8-14-5-6-15(9-16)25(14)29(26,27)17-4-2-3-12(7-17)18(19,20)21/h2-4,7,10,14-16H,5-6,8-9,11H2,1H3. The predicted molar refractivity (Wildman–Crippen MR) is 96.3 cm³/mol. The van der Waals surface area contributed by atoms with Gasteiger partial charge in [-0.1, -0.05) is 11.3 Å². The van der Waals surface area contributed by atoms with Crippen molar-refractivity contribution in [1.82, 2.24) is 19.3 Å². The Labute approximate surface area is 166 Å². The van der Waals surface area contributed by atoms with Crippen LogP contribution in [0.1, 0.15) is 43.0 Å². The largest absolute Gasteiger partial charge is 0.416 e. The number of nitrogens with zero attached hydrogens (tertiary/aromatic N) is 4. The van der Waals surface area contributed by atoms with Gasteiger partial charge < -0.3 is 4.74 Å². The van der Waals surface area contributed by atoms with Crippen LogP contribution in [0.3, 0.4) is 0 Å². The summed E-state index contributed by atoms with van der Waals surface area (Å²) >= 11 is 0. The Morgan fingerprint density at radius 3 is 2.48 bits per heavy atom. The molecule has 0 radical (unpaired) electrons. The van der Waals surface area contributed by atoms with Gasteiger partial charge in [-0.3, -0.25) is 0 Å². The number of methoxy groups -OCH3 is 1. The lowest BCUT2D eigenvalue weighted by molar-refractivity contribution is -0.137. The van der Waals surface area contributed by atoms with Crippen molar-refractivity contribution in [3.8, 4) is 0 Å². The number of aromatic nitrogens is 3. The van der Waals surface area contributed by atoms with Crippen molar-refractivity contribution in [2.45, 2.75) is 61.5 Å². The first-order valence-corrected chi connectivity index (χ1v) is 10.7. The quantitative estimate of drug-likeness (QED) is 0.729. The van der Waals surface area contributed by atoms with Crippen LogP contribution in [0, 0.1) is 0 Å². The minimum absolute atomic E-state index is 0.00133. The van der Waals surface area contributed by atoms with E-state index in [0.717, 1.165) is 18.2 Å². The third kappa shape index (κ3) is 3.78. The summed E-state index contributed by atoms with van der Waals surface area (Å²) in [7, 11) is -2.46. The summed E-state index contributed by atoms with van der Waals surface area (Å²) in [6, 6.07) is 3.42. The van der Waals surface area contributed by atoms with E-state index in [4.69, 9.17) is 4.74 Å². The number of sulfonamides is 1. The van der Waals surface area contributed by atoms with Crippen LogP contribution in [-0.2, 0) is 27.5 Å². The van der Waals surface area contributed by atoms with E-state index in [9.17, 15) is 21.6 Å². The minimum Gasteiger partial charge on any atom is -0.378 e. The van der Waals surface area contributed by atoms with Gasteiger partial charge in [-0.05, 0) is 43.9 Å². The van der Waals surface area contributed by atoms with Crippen molar-refractivity contribution in [2.75, 3.05) is 7.11 Å². The zero-order valence-corrected chi connectivity index (χ0v) is 16.5. The van der Waals surface area contributed by atoms with E-state index in [1.54, 1.807) is 18.0 Å². The van der Waals surface area contributed by atoms with Gasteiger partial charge in [0.05, 0.1) is 29.3 Å². The van der Waals surface area contributed by atoms with Crippen LogP contribution in [-0.4, -0.2) is 46.9 Å². The van der Waals surface area contributed by atoms with Gasteiger partial charge in [0.25, 0.3) is 0 Å². The summed E-state index contributed by atoms with van der Waals surface area (Å²) in [5.74, 6) is 0. The van der Waals surface area contributed by atoms with Crippen LogP contribution in [0.25, 0.3) is 0 Å². The molecule has 11 heteroatoms. The summed E-state index contributed by atoms with van der Waals surface area (Å²) < 4.78 is 73.6. The molecule has 1 aromatic carbocycles. The smallest absolute Gasteiger partial charge is 0.378 e. The van der Waals surface area contributed by atoms with Gasteiger partial charge in [-0.25, -0.2) is 13.1 Å². The van der Waals surface area contributed by atoms with Crippen LogP contribution in [0.2, 0.25) is 0 Å². The van der Waals surface area contributed by atoms with Gasteiger partial charge in [0.1, 0.15) is 5.69 Å². The number of alkyl halides is 3. The predicted octanol–water partition coefficient (Wildman–Crippen LogP) is 3.00. The first kappa shape index (κ1) is 20.3. The summed E-state index contributed by atoms with van der Waals surface area (Å²) in [6.07, 6.45) is -0.345. The average Bonchev–Trinajstić information content (AvgIpc) is 3.24. The van der Waals surface area contributed by atoms with Crippen molar-refractivity contribution < 1.29 is 26.3 Å². The fraction of sp³-hybridized carbons (Fsp3) is 0.556. The third-order valence-corrected chi connectivity index (χ3v) is 7.60. The Morgan fingerprint density at radius 2 is 1.86 bits per heavy atom. The highest BCUT2D eigenvalue weighted by Gasteiger charge is 2.48. The molecular weight excluding hydrogens is 409 g/mol. The number of ether oxygens (including phenoxy) is 1. The summed E-state index contributed by atoms with van der Waals surface area (Å²) in [6.45, 7) is 0.343. The summed E-state index contributed by atoms with van der Waals surface area (Å²) in [4.78, 5) is -0.314. The average molecular weight is 430 g/mol. The number of fused-ring (bicyclic) bond motifs is 2. The van der Waals surface area contributed by atoms with Crippen LogP contribution < -0.4 is 0 Å². The van der Waals surface area contributed by atoms with Crippen LogP contribution in [0.15, 0.2) is 35.4 Å². The van der Waals surface area contributed by atoms with Crippen molar-refractivity contribution in [3.63, 3.8) is 0 Å². The lowest BCUT2D eigenvalue weighted by Crippen LogP contribution is -2.46. The molecule has 29 heavy (non-hydrogen) atoms. The van der Waals surface area contributed by atoms with Crippen molar-refractivity contribution in [2.24, 2.45) is 0 Å². The van der Waals surface area contributed by atoms with Crippen molar-refractivity contribution in [1.29, 1.82) is 0 Å². The molecule has 1 aromatic heterocycles. The highest BCUT2D eigenvalue weighted by atomic mass is 32.2. The molecule has 3 heterocycles. The van der Waals surface area contributed by atoms with E-state index in [1.807, 2.05) is 0 Å². The molecule has 2 bridgehead atoms. The molecule has 2 saturated heterocycles. The van der Waals surface area contributed by atoms with Crippen molar-refractivity contribution >= 4 is 10.0 Å². The normalized spacial score (nSPS) is 25.4. The maximum absolute atomic E-state index is 13.2. The molecule has 0 amide bonds. The number of piperidine rings is 1. The number of hydrogen-bond donors (Lipinski definition) is 0. The van der Waals surface area contributed by atoms with Crippen LogP contribution in [0.5, 0.6) is 0 Å². The molecular formula is C18H21F3N4O3S. The Balaban J connectivity index is 1.58.